The molecule has 1 fully saturated rings. The first-order valence-electron chi connectivity index (χ1n) is 7.11. The highest BCUT2D eigenvalue weighted by atomic mass is 35.5. The zero-order valence-electron chi connectivity index (χ0n) is 14.4. The monoisotopic (exact) mass is 394 g/mol. The minimum absolute atomic E-state index is 0.0206. The molecule has 2 heterocycles. The molecule has 0 aliphatic carbocycles. The van der Waals surface area contributed by atoms with Crippen molar-refractivity contribution in [3.05, 3.63) is 17.4 Å². The first-order chi connectivity index (χ1) is 10.8. The smallest absolute Gasteiger partial charge is 0.496 e. The van der Waals surface area contributed by atoms with Gasteiger partial charge >= 0.3 is 7.12 Å². The highest BCUT2D eigenvalue weighted by molar-refractivity contribution is 8.09. The minimum Gasteiger partial charge on any atom is -0.592 e. The molecule has 1 unspecified atom stereocenters. The summed E-state index contributed by atoms with van der Waals surface area (Å²) in [6, 6.07) is 1.47. The number of aromatic nitrogens is 1. The Bertz CT molecular complexity index is 726. The van der Waals surface area contributed by atoms with Crippen LogP contribution >= 0.6 is 11.6 Å². The van der Waals surface area contributed by atoms with E-state index in [1.165, 1.54) is 18.5 Å². The minimum atomic E-state index is -3.80. The first-order valence-corrected chi connectivity index (χ1v) is 10.9. The molecule has 0 amide bonds. The summed E-state index contributed by atoms with van der Waals surface area (Å²) in [4.78, 5) is 4.00. The summed E-state index contributed by atoms with van der Waals surface area (Å²) in [5, 5.41) is -0.0732. The zero-order valence-corrected chi connectivity index (χ0v) is 16.8. The van der Waals surface area contributed by atoms with Gasteiger partial charge in [0.05, 0.1) is 28.8 Å². The fraction of sp³-hybridized carbons (Fsp3) is 0.615. The van der Waals surface area contributed by atoms with Gasteiger partial charge in [-0.1, -0.05) is 15.3 Å². The fourth-order valence-corrected chi connectivity index (χ4v) is 4.92. The first kappa shape index (κ1) is 19.8. The summed E-state index contributed by atoms with van der Waals surface area (Å²) in [6.45, 7) is 7.62. The van der Waals surface area contributed by atoms with Crippen molar-refractivity contribution in [2.45, 2.75) is 38.9 Å². The summed E-state index contributed by atoms with van der Waals surface area (Å²) in [5.74, 6) is 0. The molecule has 0 aromatic carbocycles. The third-order valence-electron chi connectivity index (χ3n) is 4.10. The molecule has 7 nitrogen and oxygen atoms in total. The lowest BCUT2D eigenvalue weighted by molar-refractivity contribution is 0.00578. The van der Waals surface area contributed by atoms with Crippen LogP contribution < -0.4 is 9.17 Å². The van der Waals surface area contributed by atoms with E-state index >= 15 is 0 Å². The molecule has 1 saturated heterocycles. The predicted molar refractivity (Wildman–Crippen MR) is 96.4 cm³/mol. The molecule has 1 aromatic heterocycles. The molecule has 134 valence electrons. The Balaban J connectivity index is 2.47. The van der Waals surface area contributed by atoms with Gasteiger partial charge in [0.2, 0.25) is 0 Å². The second-order valence-corrected chi connectivity index (χ2v) is 10.2. The number of anilines is 1. The normalized spacial score (nSPS) is 20.9. The van der Waals surface area contributed by atoms with Crippen LogP contribution in [0.3, 0.4) is 0 Å². The van der Waals surface area contributed by atoms with E-state index in [1.54, 1.807) is 0 Å². The van der Waals surface area contributed by atoms with Crippen LogP contribution in [0.25, 0.3) is 0 Å². The van der Waals surface area contributed by atoms with Gasteiger partial charge in [0.15, 0.2) is 5.15 Å². The molecule has 2 rings (SSSR count). The topological polar surface area (TPSA) is 91.8 Å². The van der Waals surface area contributed by atoms with Crippen molar-refractivity contribution >= 4 is 51.3 Å². The van der Waals surface area contributed by atoms with Gasteiger partial charge in [0, 0.05) is 11.7 Å². The SMILES string of the molecule is C[S+]([O-])N(c1cc(B2OC(C)(C)C(C)(C)O2)cnc1Cl)S(C)(=O)=O. The molecule has 1 atom stereocenters. The number of hydrogen-bond donors (Lipinski definition) is 0. The molecule has 24 heavy (non-hydrogen) atoms. The summed E-state index contributed by atoms with van der Waals surface area (Å²) >= 11 is 4.19. The molecular weight excluding hydrogens is 375 g/mol. The number of sulfonamides is 1. The summed E-state index contributed by atoms with van der Waals surface area (Å²) in [7, 11) is -4.53. The van der Waals surface area contributed by atoms with Crippen LogP contribution in [-0.2, 0) is 30.7 Å². The highest BCUT2D eigenvalue weighted by Gasteiger charge is 2.52. The van der Waals surface area contributed by atoms with Crippen molar-refractivity contribution in [2.75, 3.05) is 16.2 Å². The van der Waals surface area contributed by atoms with E-state index in [4.69, 9.17) is 20.9 Å². The van der Waals surface area contributed by atoms with E-state index in [2.05, 4.69) is 4.98 Å². The average molecular weight is 395 g/mol. The van der Waals surface area contributed by atoms with Crippen LogP contribution in [-0.4, -0.2) is 48.8 Å². The van der Waals surface area contributed by atoms with Crippen molar-refractivity contribution in [1.82, 2.24) is 4.98 Å². The molecule has 11 heteroatoms. The molecule has 1 aliphatic rings. The summed E-state index contributed by atoms with van der Waals surface area (Å²) < 4.78 is 48.4. The third kappa shape index (κ3) is 3.68. The molecule has 0 N–H and O–H groups in total. The Hall–Kier alpha value is -0.515. The predicted octanol–water partition coefficient (Wildman–Crippen LogP) is 1.09. The maximum atomic E-state index is 11.9. The summed E-state index contributed by atoms with van der Waals surface area (Å²) in [6.07, 6.45) is 3.65. The van der Waals surface area contributed by atoms with Gasteiger partial charge < -0.3 is 13.9 Å². The molecule has 0 spiro atoms. The average Bonchev–Trinajstić information content (AvgIpc) is 2.59. The Morgan fingerprint density at radius 2 is 1.79 bits per heavy atom. The van der Waals surface area contributed by atoms with Gasteiger partial charge in [-0.25, -0.2) is 13.4 Å². The lowest BCUT2D eigenvalue weighted by Gasteiger charge is -2.32. The van der Waals surface area contributed by atoms with Crippen molar-refractivity contribution in [2.24, 2.45) is 0 Å². The van der Waals surface area contributed by atoms with Gasteiger partial charge in [-0.05, 0) is 33.8 Å². The Labute approximate surface area is 151 Å². The van der Waals surface area contributed by atoms with Crippen LogP contribution in [0.15, 0.2) is 12.3 Å². The van der Waals surface area contributed by atoms with Gasteiger partial charge in [-0.15, -0.1) is 0 Å². The van der Waals surface area contributed by atoms with Crippen molar-refractivity contribution < 1.29 is 22.3 Å². The number of nitrogens with zero attached hydrogens (tertiary/aromatic N) is 2. The zero-order chi connectivity index (χ0) is 18.5. The van der Waals surface area contributed by atoms with E-state index in [9.17, 15) is 13.0 Å². The fourth-order valence-electron chi connectivity index (χ4n) is 2.20. The van der Waals surface area contributed by atoms with Crippen LogP contribution in [0.4, 0.5) is 5.69 Å². The Kier molecular flexibility index (Phi) is 5.23. The van der Waals surface area contributed by atoms with Gasteiger partial charge in [0.25, 0.3) is 10.0 Å². The quantitative estimate of drug-likeness (QED) is 0.431. The lowest BCUT2D eigenvalue weighted by Crippen LogP contribution is -2.41. The van der Waals surface area contributed by atoms with Crippen LogP contribution in [0.1, 0.15) is 27.7 Å². The number of pyridine rings is 1. The molecule has 1 aromatic rings. The molecule has 1 aliphatic heterocycles. The van der Waals surface area contributed by atoms with Gasteiger partial charge in [0.1, 0.15) is 11.9 Å². The highest BCUT2D eigenvalue weighted by Crippen LogP contribution is 2.37. The van der Waals surface area contributed by atoms with E-state index in [0.29, 0.717) is 5.46 Å². The van der Waals surface area contributed by atoms with Crippen molar-refractivity contribution in [3.63, 3.8) is 0 Å². The number of hydrogen-bond acceptors (Lipinski definition) is 6. The maximum absolute atomic E-state index is 11.9. The van der Waals surface area contributed by atoms with Crippen LogP contribution in [0.2, 0.25) is 5.15 Å². The molecular formula is C13H20BClN2O5S2. The number of rotatable bonds is 4. The molecule has 0 bridgehead atoms. The van der Waals surface area contributed by atoms with E-state index in [0.717, 1.165) is 9.97 Å². The van der Waals surface area contributed by atoms with Crippen LogP contribution in [0, 0.1) is 0 Å². The van der Waals surface area contributed by atoms with E-state index in [1.807, 2.05) is 27.7 Å². The Morgan fingerprint density at radius 3 is 2.21 bits per heavy atom. The maximum Gasteiger partial charge on any atom is 0.496 e. The summed E-state index contributed by atoms with van der Waals surface area (Å²) in [5.41, 5.74) is -0.595. The van der Waals surface area contributed by atoms with E-state index < -0.39 is 39.7 Å². The largest absolute Gasteiger partial charge is 0.592 e. The molecule has 0 saturated carbocycles. The third-order valence-corrected chi connectivity index (χ3v) is 7.29. The van der Waals surface area contributed by atoms with Gasteiger partial charge in [-0.3, -0.25) is 0 Å². The van der Waals surface area contributed by atoms with Crippen molar-refractivity contribution in [1.29, 1.82) is 0 Å². The standard InChI is InChI=1S/C13H20BClN2O5S2/c1-12(2)13(3,4)22-14(21-12)9-7-10(11(15)16-8-9)17(23(5)18)24(6,19)20/h7-8H,1-6H3. The van der Waals surface area contributed by atoms with Crippen molar-refractivity contribution in [3.8, 4) is 0 Å². The second kappa shape index (κ2) is 6.33. The van der Waals surface area contributed by atoms with E-state index in [-0.39, 0.29) is 10.8 Å². The Morgan fingerprint density at radius 1 is 1.29 bits per heavy atom. The van der Waals surface area contributed by atoms with Gasteiger partial charge in [-0.2, -0.15) is 0 Å². The number of halogens is 1. The molecule has 0 radical (unpaired) electrons. The second-order valence-electron chi connectivity index (χ2n) is 6.58. The lowest BCUT2D eigenvalue weighted by atomic mass is 9.80. The van der Waals surface area contributed by atoms with Crippen LogP contribution in [0.5, 0.6) is 0 Å².